The Morgan fingerprint density at radius 1 is 1.05 bits per heavy atom. The Morgan fingerprint density at radius 2 is 1.68 bits per heavy atom. The second-order valence-corrected chi connectivity index (χ2v) is 5.44. The molecule has 1 rings (SSSR count). The summed E-state index contributed by atoms with van der Waals surface area (Å²) in [4.78, 5) is 1.25. The predicted octanol–water partition coefficient (Wildman–Crippen LogP) is 3.74. The van der Waals surface area contributed by atoms with Crippen molar-refractivity contribution in [2.45, 2.75) is 44.4 Å². The molecule has 0 fully saturated rings. The number of rotatable bonds is 10. The summed E-state index contributed by atoms with van der Waals surface area (Å²) >= 11 is 1.75. The van der Waals surface area contributed by atoms with Gasteiger partial charge in [0.15, 0.2) is 0 Å². The third-order valence-electron chi connectivity index (χ3n) is 2.90. The Kier molecular flexibility index (Phi) is 9.05. The summed E-state index contributed by atoms with van der Waals surface area (Å²) in [7, 11) is -0.217. The summed E-state index contributed by atoms with van der Waals surface area (Å²) in [5.41, 5.74) is 1.12. The van der Waals surface area contributed by atoms with Crippen molar-refractivity contribution in [2.75, 3.05) is 19.5 Å². The van der Waals surface area contributed by atoms with E-state index in [0.717, 1.165) is 44.4 Å². The van der Waals surface area contributed by atoms with E-state index in [1.54, 1.807) is 11.8 Å². The van der Waals surface area contributed by atoms with Crippen molar-refractivity contribution < 1.29 is 9.31 Å². The molecule has 0 saturated heterocycles. The highest BCUT2D eigenvalue weighted by Gasteiger charge is 2.21. The minimum absolute atomic E-state index is 0.217. The monoisotopic (exact) mass is 280 g/mol. The Balaban J connectivity index is 2.63. The lowest BCUT2D eigenvalue weighted by Gasteiger charge is -2.15. The van der Waals surface area contributed by atoms with E-state index in [4.69, 9.17) is 9.31 Å². The molecule has 0 aliphatic heterocycles. The molecule has 4 heteroatoms. The molecule has 0 aliphatic carbocycles. The molecule has 0 aromatic heterocycles. The zero-order valence-corrected chi connectivity index (χ0v) is 13.2. The van der Waals surface area contributed by atoms with Crippen molar-refractivity contribution in [3.05, 3.63) is 24.3 Å². The van der Waals surface area contributed by atoms with Gasteiger partial charge in [-0.05, 0) is 36.7 Å². The van der Waals surface area contributed by atoms with Crippen molar-refractivity contribution in [3.8, 4) is 0 Å². The van der Waals surface area contributed by atoms with Gasteiger partial charge in [-0.15, -0.1) is 11.8 Å². The van der Waals surface area contributed by atoms with E-state index >= 15 is 0 Å². The van der Waals surface area contributed by atoms with Crippen LogP contribution >= 0.6 is 11.8 Å². The van der Waals surface area contributed by atoms with Crippen LogP contribution < -0.4 is 5.46 Å². The van der Waals surface area contributed by atoms with Crippen LogP contribution in [-0.2, 0) is 9.31 Å². The largest absolute Gasteiger partial charge is 0.493 e. The highest BCUT2D eigenvalue weighted by molar-refractivity contribution is 7.98. The van der Waals surface area contributed by atoms with E-state index in [1.165, 1.54) is 4.90 Å². The lowest BCUT2D eigenvalue weighted by atomic mass is 9.79. The Morgan fingerprint density at radius 3 is 2.21 bits per heavy atom. The topological polar surface area (TPSA) is 18.5 Å². The summed E-state index contributed by atoms with van der Waals surface area (Å²) in [5.74, 6) is 0. The fraction of sp³-hybridized carbons (Fsp3) is 0.600. The van der Waals surface area contributed by atoms with Gasteiger partial charge >= 0.3 is 7.12 Å². The van der Waals surface area contributed by atoms with E-state index in [2.05, 4.69) is 44.4 Å². The van der Waals surface area contributed by atoms with Crippen LogP contribution in [0.4, 0.5) is 0 Å². The van der Waals surface area contributed by atoms with Crippen LogP contribution in [0.25, 0.3) is 0 Å². The Hall–Kier alpha value is -0.445. The van der Waals surface area contributed by atoms with Crippen LogP contribution in [0.3, 0.4) is 0 Å². The second kappa shape index (κ2) is 10.4. The third kappa shape index (κ3) is 6.50. The van der Waals surface area contributed by atoms with Gasteiger partial charge in [-0.25, -0.2) is 0 Å². The maximum atomic E-state index is 5.88. The van der Waals surface area contributed by atoms with Crippen LogP contribution in [0.5, 0.6) is 0 Å². The molecule has 0 unspecified atom stereocenters. The number of hydrogen-bond donors (Lipinski definition) is 0. The molecule has 0 spiro atoms. The van der Waals surface area contributed by atoms with Crippen molar-refractivity contribution in [1.29, 1.82) is 0 Å². The number of hydrogen-bond acceptors (Lipinski definition) is 3. The van der Waals surface area contributed by atoms with E-state index in [9.17, 15) is 0 Å². The van der Waals surface area contributed by atoms with Crippen LogP contribution in [0.15, 0.2) is 29.2 Å². The van der Waals surface area contributed by atoms with Gasteiger partial charge < -0.3 is 9.31 Å². The Labute approximate surface area is 122 Å². The maximum Gasteiger partial charge on any atom is 0.493 e. The summed E-state index contributed by atoms with van der Waals surface area (Å²) in [6.45, 7) is 5.86. The summed E-state index contributed by atoms with van der Waals surface area (Å²) < 4.78 is 11.8. The highest BCUT2D eigenvalue weighted by Crippen LogP contribution is 2.12. The molecular weight excluding hydrogens is 255 g/mol. The fourth-order valence-electron chi connectivity index (χ4n) is 1.70. The summed E-state index contributed by atoms with van der Waals surface area (Å²) in [6, 6.07) is 8.43. The molecule has 19 heavy (non-hydrogen) atoms. The predicted molar refractivity (Wildman–Crippen MR) is 85.3 cm³/mol. The van der Waals surface area contributed by atoms with Crippen LogP contribution in [0.2, 0.25) is 0 Å². The molecule has 1 aromatic rings. The molecule has 0 radical (unpaired) electrons. The van der Waals surface area contributed by atoms with Gasteiger partial charge in [-0.3, -0.25) is 0 Å². The minimum atomic E-state index is -0.217. The van der Waals surface area contributed by atoms with Crippen LogP contribution in [-0.4, -0.2) is 26.6 Å². The van der Waals surface area contributed by atoms with Crippen molar-refractivity contribution >= 4 is 24.3 Å². The number of benzene rings is 1. The van der Waals surface area contributed by atoms with Crippen LogP contribution in [0, 0.1) is 0 Å². The van der Waals surface area contributed by atoms with Crippen molar-refractivity contribution in [3.63, 3.8) is 0 Å². The quantitative estimate of drug-likeness (QED) is 0.369. The lowest BCUT2D eigenvalue weighted by molar-refractivity contribution is 0.202. The van der Waals surface area contributed by atoms with Gasteiger partial charge in [0, 0.05) is 18.1 Å². The van der Waals surface area contributed by atoms with E-state index in [-0.39, 0.29) is 7.12 Å². The molecule has 0 bridgehead atoms. The van der Waals surface area contributed by atoms with Crippen molar-refractivity contribution in [2.24, 2.45) is 0 Å². The molecule has 0 saturated carbocycles. The second-order valence-electron chi connectivity index (χ2n) is 4.56. The van der Waals surface area contributed by atoms with E-state index in [1.807, 2.05) is 0 Å². The van der Waals surface area contributed by atoms with Crippen LogP contribution in [0.1, 0.15) is 39.5 Å². The zero-order chi connectivity index (χ0) is 13.9. The van der Waals surface area contributed by atoms with Gasteiger partial charge in [0.25, 0.3) is 0 Å². The number of thioether (sulfide) groups is 1. The maximum absolute atomic E-state index is 5.88. The van der Waals surface area contributed by atoms with E-state index in [0.29, 0.717) is 0 Å². The molecule has 106 valence electrons. The smallest absolute Gasteiger partial charge is 0.407 e. The van der Waals surface area contributed by atoms with Gasteiger partial charge in [-0.1, -0.05) is 38.8 Å². The Bertz CT molecular complexity index is 337. The molecule has 0 atom stereocenters. The molecule has 0 amide bonds. The van der Waals surface area contributed by atoms with E-state index < -0.39 is 0 Å². The molecule has 0 N–H and O–H groups in total. The first-order chi connectivity index (χ1) is 9.31. The minimum Gasteiger partial charge on any atom is -0.407 e. The van der Waals surface area contributed by atoms with Gasteiger partial charge in [-0.2, -0.15) is 0 Å². The fourth-order valence-corrected chi connectivity index (χ4v) is 2.17. The zero-order valence-electron chi connectivity index (χ0n) is 12.4. The molecule has 1 aromatic carbocycles. The van der Waals surface area contributed by atoms with Crippen molar-refractivity contribution in [1.82, 2.24) is 0 Å². The average Bonchev–Trinajstić information content (AvgIpc) is 2.46. The summed E-state index contributed by atoms with van der Waals surface area (Å²) in [5, 5.41) is 0. The first-order valence-corrected chi connectivity index (χ1v) is 8.41. The average molecular weight is 280 g/mol. The summed E-state index contributed by atoms with van der Waals surface area (Å²) in [6.07, 6.45) is 6.54. The van der Waals surface area contributed by atoms with Gasteiger partial charge in [0.2, 0.25) is 0 Å². The molecule has 0 aliphatic rings. The highest BCUT2D eigenvalue weighted by atomic mass is 32.2. The molecule has 0 heterocycles. The third-order valence-corrected chi connectivity index (χ3v) is 3.63. The molecule has 2 nitrogen and oxygen atoms in total. The lowest BCUT2D eigenvalue weighted by Crippen LogP contribution is -2.37. The first-order valence-electron chi connectivity index (χ1n) is 7.19. The SMILES string of the molecule is CCCCOB(OCCCC)c1cccc(SC)c1. The normalized spacial score (nSPS) is 10.7. The first kappa shape index (κ1) is 16.6. The standard InChI is InChI=1S/C15H25BO2S/c1-4-6-11-17-16(18-12-7-5-2)14-9-8-10-15(13-14)19-3/h8-10,13H,4-7,11-12H2,1-3H3. The van der Waals surface area contributed by atoms with Gasteiger partial charge in [0.05, 0.1) is 0 Å². The van der Waals surface area contributed by atoms with Gasteiger partial charge in [0.1, 0.15) is 0 Å². The number of unbranched alkanes of at least 4 members (excludes halogenated alkanes) is 2. The molecular formula is C15H25BO2S.